The highest BCUT2D eigenvalue weighted by Crippen LogP contribution is 2.40. The van der Waals surface area contributed by atoms with Crippen molar-refractivity contribution in [2.45, 2.75) is 13.0 Å². The maximum absolute atomic E-state index is 12.3. The second-order valence-corrected chi connectivity index (χ2v) is 6.46. The van der Waals surface area contributed by atoms with Gasteiger partial charge in [-0.05, 0) is 12.5 Å². The second-order valence-electron chi connectivity index (χ2n) is 6.46. The predicted octanol–water partition coefficient (Wildman–Crippen LogP) is 1.26. The number of anilines is 2. The van der Waals surface area contributed by atoms with Gasteiger partial charge in [0.25, 0.3) is 11.8 Å². The van der Waals surface area contributed by atoms with Crippen molar-refractivity contribution in [2.75, 3.05) is 31.8 Å². The van der Waals surface area contributed by atoms with E-state index in [0.717, 1.165) is 36.7 Å². The molecule has 2 amide bonds. The minimum atomic E-state index is -0.00303. The van der Waals surface area contributed by atoms with Crippen LogP contribution in [0, 0.1) is 0 Å². The number of ether oxygens (including phenoxy) is 1. The molecule has 8 nitrogen and oxygen atoms in total. The summed E-state index contributed by atoms with van der Waals surface area (Å²) in [4.78, 5) is 36.1. The zero-order valence-electron chi connectivity index (χ0n) is 13.3. The normalized spacial score (nSPS) is 18.5. The molecule has 0 radical (unpaired) electrons. The number of hydrogen-bond acceptors (Lipinski definition) is 4. The molecule has 5 heterocycles. The van der Waals surface area contributed by atoms with E-state index in [1.165, 1.54) is 0 Å². The van der Waals surface area contributed by atoms with E-state index in [9.17, 15) is 9.59 Å². The number of hydrogen-bond donors (Lipinski definition) is 2. The van der Waals surface area contributed by atoms with Crippen LogP contribution in [0.25, 0.3) is 0 Å². The van der Waals surface area contributed by atoms with Crippen molar-refractivity contribution in [3.63, 3.8) is 0 Å². The zero-order chi connectivity index (χ0) is 16.4. The lowest BCUT2D eigenvalue weighted by molar-refractivity contribution is 0.0646. The fourth-order valence-corrected chi connectivity index (χ4v) is 3.39. The Morgan fingerprint density at radius 3 is 2.79 bits per heavy atom. The molecule has 1 saturated heterocycles. The van der Waals surface area contributed by atoms with E-state index in [2.05, 4.69) is 9.97 Å². The molecule has 0 spiro atoms. The maximum atomic E-state index is 12.3. The van der Waals surface area contributed by atoms with Gasteiger partial charge in [0.2, 0.25) is 0 Å². The molecule has 3 aliphatic rings. The third kappa shape index (κ3) is 1.73. The number of amides is 2. The summed E-state index contributed by atoms with van der Waals surface area (Å²) in [5.41, 5.74) is 2.15. The van der Waals surface area contributed by atoms with Crippen molar-refractivity contribution in [1.29, 1.82) is 0 Å². The molecule has 0 unspecified atom stereocenters. The van der Waals surface area contributed by atoms with Crippen molar-refractivity contribution in [2.24, 2.45) is 0 Å². The van der Waals surface area contributed by atoms with Gasteiger partial charge < -0.3 is 24.5 Å². The summed E-state index contributed by atoms with van der Waals surface area (Å²) in [6.45, 7) is 2.58. The average Bonchev–Trinajstić information content (AvgIpc) is 3.20. The lowest BCUT2D eigenvalue weighted by Crippen LogP contribution is -2.42. The van der Waals surface area contributed by atoms with Gasteiger partial charge in [0, 0.05) is 38.3 Å². The van der Waals surface area contributed by atoms with Gasteiger partial charge in [-0.25, -0.2) is 0 Å². The second kappa shape index (κ2) is 4.56. The van der Waals surface area contributed by atoms with Gasteiger partial charge in [0.05, 0.1) is 0 Å². The zero-order valence-corrected chi connectivity index (χ0v) is 13.3. The summed E-state index contributed by atoms with van der Waals surface area (Å²) in [6, 6.07) is 3.72. The topological polar surface area (TPSA) is 84.7 Å². The number of fused-ring (bicyclic) bond motifs is 2. The number of aromatic amines is 2. The van der Waals surface area contributed by atoms with Crippen molar-refractivity contribution < 1.29 is 14.3 Å². The number of likely N-dealkylation sites (tertiary alicyclic amines) is 1. The summed E-state index contributed by atoms with van der Waals surface area (Å²) in [7, 11) is 1.78. The fourth-order valence-electron chi connectivity index (χ4n) is 3.39. The first kappa shape index (κ1) is 13.5. The molecule has 0 aromatic carbocycles. The molecule has 1 fully saturated rings. The molecule has 124 valence electrons. The van der Waals surface area contributed by atoms with E-state index in [0.29, 0.717) is 30.4 Å². The van der Waals surface area contributed by atoms with Crippen LogP contribution in [-0.4, -0.2) is 58.5 Å². The number of aromatic nitrogens is 2. The first-order valence-electron chi connectivity index (χ1n) is 8.02. The molecule has 2 aromatic heterocycles. The molecule has 24 heavy (non-hydrogen) atoms. The SMILES string of the molecule is CN1Cc2cc(N3COc4cc(C(=O)N5CCC5)[nH]c43)[nH]c2C1=O. The molecule has 0 bridgehead atoms. The minimum Gasteiger partial charge on any atom is -0.469 e. The van der Waals surface area contributed by atoms with Crippen molar-refractivity contribution in [1.82, 2.24) is 19.8 Å². The molecule has 8 heteroatoms. The number of carbonyl (C=O) groups excluding carboxylic acids is 2. The van der Waals surface area contributed by atoms with E-state index in [1.807, 2.05) is 15.9 Å². The van der Waals surface area contributed by atoms with Crippen LogP contribution in [0.3, 0.4) is 0 Å². The maximum Gasteiger partial charge on any atom is 0.270 e. The van der Waals surface area contributed by atoms with E-state index < -0.39 is 0 Å². The molecule has 2 N–H and O–H groups in total. The van der Waals surface area contributed by atoms with Crippen molar-refractivity contribution in [3.8, 4) is 5.75 Å². The van der Waals surface area contributed by atoms with Gasteiger partial charge in [0.1, 0.15) is 17.2 Å². The lowest BCUT2D eigenvalue weighted by Gasteiger charge is -2.30. The quantitative estimate of drug-likeness (QED) is 0.870. The Balaban J connectivity index is 1.45. The van der Waals surface area contributed by atoms with Crippen LogP contribution >= 0.6 is 0 Å². The first-order chi connectivity index (χ1) is 11.6. The number of rotatable bonds is 2. The molecule has 3 aliphatic heterocycles. The summed E-state index contributed by atoms with van der Waals surface area (Å²) in [6.07, 6.45) is 1.06. The van der Waals surface area contributed by atoms with Gasteiger partial charge in [-0.1, -0.05) is 0 Å². The Hall–Kier alpha value is -2.90. The molecule has 5 rings (SSSR count). The summed E-state index contributed by atoms with van der Waals surface area (Å²) < 4.78 is 5.69. The standard InChI is InChI=1S/C16H17N5O3/c1-19-7-9-5-12(18-13(9)16(19)23)21-8-24-11-6-10(17-14(11)21)15(22)20-3-2-4-20/h5-6,17-18H,2-4,7-8H2,1H3. The largest absolute Gasteiger partial charge is 0.469 e. The number of H-pyrrole nitrogens is 2. The Morgan fingerprint density at radius 1 is 1.25 bits per heavy atom. The van der Waals surface area contributed by atoms with Crippen molar-refractivity contribution in [3.05, 3.63) is 29.1 Å². The highest BCUT2D eigenvalue weighted by Gasteiger charge is 2.33. The molecular formula is C16H17N5O3. The van der Waals surface area contributed by atoms with Crippen LogP contribution in [0.4, 0.5) is 11.6 Å². The van der Waals surface area contributed by atoms with Gasteiger partial charge in [-0.3, -0.25) is 14.5 Å². The van der Waals surface area contributed by atoms with Crippen molar-refractivity contribution >= 4 is 23.5 Å². The van der Waals surface area contributed by atoms with Crippen LogP contribution in [0.1, 0.15) is 33.0 Å². The fraction of sp³-hybridized carbons (Fsp3) is 0.375. The molecule has 0 aliphatic carbocycles. The molecule has 0 atom stereocenters. The van der Waals surface area contributed by atoms with Gasteiger partial charge in [-0.2, -0.15) is 0 Å². The predicted molar refractivity (Wildman–Crippen MR) is 85.5 cm³/mol. The third-order valence-electron chi connectivity index (χ3n) is 4.90. The summed E-state index contributed by atoms with van der Waals surface area (Å²) in [5, 5.41) is 0. The summed E-state index contributed by atoms with van der Waals surface area (Å²) in [5.74, 6) is 2.21. The first-order valence-corrected chi connectivity index (χ1v) is 8.02. The van der Waals surface area contributed by atoms with E-state index in [-0.39, 0.29) is 11.8 Å². The van der Waals surface area contributed by atoms with Gasteiger partial charge in [-0.15, -0.1) is 0 Å². The smallest absolute Gasteiger partial charge is 0.270 e. The van der Waals surface area contributed by atoms with E-state index in [1.54, 1.807) is 18.0 Å². The average molecular weight is 327 g/mol. The van der Waals surface area contributed by atoms with Crippen LogP contribution in [0.5, 0.6) is 5.75 Å². The van der Waals surface area contributed by atoms with E-state index >= 15 is 0 Å². The van der Waals surface area contributed by atoms with Crippen LogP contribution in [0.15, 0.2) is 12.1 Å². The van der Waals surface area contributed by atoms with Crippen LogP contribution in [-0.2, 0) is 6.54 Å². The van der Waals surface area contributed by atoms with Crippen LogP contribution in [0.2, 0.25) is 0 Å². The number of carbonyl (C=O) groups is 2. The van der Waals surface area contributed by atoms with Gasteiger partial charge >= 0.3 is 0 Å². The number of nitrogens with zero attached hydrogens (tertiary/aromatic N) is 3. The highest BCUT2D eigenvalue weighted by molar-refractivity contribution is 5.98. The lowest BCUT2D eigenvalue weighted by atomic mass is 10.2. The Kier molecular flexibility index (Phi) is 2.57. The number of nitrogens with one attached hydrogen (secondary N) is 2. The summed E-state index contributed by atoms with van der Waals surface area (Å²) >= 11 is 0. The Labute approximate surface area is 138 Å². The Morgan fingerprint density at radius 2 is 2.08 bits per heavy atom. The molecular weight excluding hydrogens is 310 g/mol. The van der Waals surface area contributed by atoms with E-state index in [4.69, 9.17) is 4.74 Å². The molecule has 2 aromatic rings. The third-order valence-corrected chi connectivity index (χ3v) is 4.90. The van der Waals surface area contributed by atoms with Gasteiger partial charge in [0.15, 0.2) is 18.3 Å². The van der Waals surface area contributed by atoms with Crippen LogP contribution < -0.4 is 9.64 Å². The molecule has 0 saturated carbocycles. The minimum absolute atomic E-state index is 0.00303. The highest BCUT2D eigenvalue weighted by atomic mass is 16.5. The monoisotopic (exact) mass is 327 g/mol. The Bertz CT molecular complexity index is 863.